The molecule has 8 heteroatoms. The van der Waals surface area contributed by atoms with Crippen LogP contribution in [0.25, 0.3) is 5.69 Å². The molecule has 0 aliphatic carbocycles. The highest BCUT2D eigenvalue weighted by Crippen LogP contribution is 2.28. The molecule has 0 bridgehead atoms. The first-order valence-corrected chi connectivity index (χ1v) is 12.0. The van der Waals surface area contributed by atoms with Gasteiger partial charge in [-0.1, -0.05) is 19.1 Å². The summed E-state index contributed by atoms with van der Waals surface area (Å²) in [5.41, 5.74) is 3.89. The summed E-state index contributed by atoms with van der Waals surface area (Å²) in [7, 11) is 3.21. The molecular weight excluding hydrogens is 447 g/mol. The van der Waals surface area contributed by atoms with E-state index in [9.17, 15) is 9.18 Å². The van der Waals surface area contributed by atoms with Gasteiger partial charge in [-0.2, -0.15) is 5.10 Å². The van der Waals surface area contributed by atoms with Gasteiger partial charge in [0.1, 0.15) is 17.3 Å². The number of rotatable bonds is 10. The number of aromatic nitrogens is 2. The molecule has 1 amide bonds. The second kappa shape index (κ2) is 11.5. The number of ether oxygens (including phenoxy) is 2. The van der Waals surface area contributed by atoms with Gasteiger partial charge in [-0.15, -0.1) is 0 Å². The fourth-order valence-corrected chi connectivity index (χ4v) is 4.55. The first-order valence-electron chi connectivity index (χ1n) is 12.0. The average Bonchev–Trinajstić information content (AvgIpc) is 3.24. The van der Waals surface area contributed by atoms with Crippen molar-refractivity contribution < 1.29 is 18.7 Å². The summed E-state index contributed by atoms with van der Waals surface area (Å²) >= 11 is 0. The van der Waals surface area contributed by atoms with Gasteiger partial charge in [0.25, 0.3) is 5.91 Å². The lowest BCUT2D eigenvalue weighted by Gasteiger charge is -2.28. The zero-order valence-electron chi connectivity index (χ0n) is 20.7. The molecule has 0 N–H and O–H groups in total. The molecule has 0 atom stereocenters. The zero-order valence-corrected chi connectivity index (χ0v) is 20.7. The highest BCUT2D eigenvalue weighted by molar-refractivity contribution is 5.94. The van der Waals surface area contributed by atoms with Crippen LogP contribution in [0.15, 0.2) is 48.5 Å². The Hall–Kier alpha value is -3.23. The van der Waals surface area contributed by atoms with Crippen LogP contribution in [0.5, 0.6) is 5.75 Å². The second-order valence-electron chi connectivity index (χ2n) is 8.71. The van der Waals surface area contributed by atoms with Crippen LogP contribution < -0.4 is 4.74 Å². The van der Waals surface area contributed by atoms with E-state index in [-0.39, 0.29) is 11.7 Å². The summed E-state index contributed by atoms with van der Waals surface area (Å²) in [5.74, 6) is 0.268. The Morgan fingerprint density at radius 3 is 2.60 bits per heavy atom. The molecule has 0 radical (unpaired) electrons. The van der Waals surface area contributed by atoms with Crippen molar-refractivity contribution in [1.29, 1.82) is 0 Å². The van der Waals surface area contributed by atoms with Crippen LogP contribution >= 0.6 is 0 Å². The van der Waals surface area contributed by atoms with E-state index in [1.54, 1.807) is 60.2 Å². The molecule has 7 nitrogen and oxygen atoms in total. The van der Waals surface area contributed by atoms with Gasteiger partial charge in [0, 0.05) is 44.3 Å². The van der Waals surface area contributed by atoms with E-state index in [1.165, 1.54) is 6.07 Å². The number of benzene rings is 2. The van der Waals surface area contributed by atoms with Crippen molar-refractivity contribution in [2.24, 2.45) is 0 Å². The summed E-state index contributed by atoms with van der Waals surface area (Å²) in [6, 6.07) is 13.8. The van der Waals surface area contributed by atoms with E-state index in [4.69, 9.17) is 14.6 Å². The van der Waals surface area contributed by atoms with Crippen molar-refractivity contribution in [2.45, 2.75) is 32.9 Å². The van der Waals surface area contributed by atoms with E-state index < -0.39 is 0 Å². The molecule has 35 heavy (non-hydrogen) atoms. The zero-order chi connectivity index (χ0) is 24.8. The molecule has 1 aliphatic heterocycles. The fraction of sp³-hybridized carbons (Fsp3) is 0.407. The maximum atomic E-state index is 14.7. The molecule has 0 spiro atoms. The Bertz CT molecular complexity index is 1150. The number of nitrogens with zero attached hydrogens (tertiary/aromatic N) is 4. The number of hydrogen-bond acceptors (Lipinski definition) is 5. The van der Waals surface area contributed by atoms with Crippen molar-refractivity contribution in [2.75, 3.05) is 40.5 Å². The molecule has 3 aromatic rings. The maximum Gasteiger partial charge on any atom is 0.254 e. The lowest BCUT2D eigenvalue weighted by molar-refractivity contribution is 0.0676. The Kier molecular flexibility index (Phi) is 8.15. The van der Waals surface area contributed by atoms with Gasteiger partial charge in [0.15, 0.2) is 0 Å². The topological polar surface area (TPSA) is 59.8 Å². The normalized spacial score (nSPS) is 13.5. The average molecular weight is 481 g/mol. The number of fused-ring (bicyclic) bond motifs is 1. The highest BCUT2D eigenvalue weighted by atomic mass is 19.1. The summed E-state index contributed by atoms with van der Waals surface area (Å²) in [6.07, 6.45) is 1.84. The number of halogens is 1. The van der Waals surface area contributed by atoms with E-state index in [2.05, 4.69) is 11.8 Å². The largest absolute Gasteiger partial charge is 0.497 e. The Labute approximate surface area is 206 Å². The van der Waals surface area contributed by atoms with Crippen LogP contribution in [0.4, 0.5) is 4.39 Å². The molecule has 186 valence electrons. The lowest BCUT2D eigenvalue weighted by atomic mass is 10.0. The van der Waals surface area contributed by atoms with Gasteiger partial charge >= 0.3 is 0 Å². The smallest absolute Gasteiger partial charge is 0.254 e. The molecule has 1 aliphatic rings. The number of para-hydroxylation sites is 1. The minimum absolute atomic E-state index is 0.111. The summed E-state index contributed by atoms with van der Waals surface area (Å²) < 4.78 is 27.0. The third-order valence-electron chi connectivity index (χ3n) is 6.37. The van der Waals surface area contributed by atoms with Gasteiger partial charge in [0.2, 0.25) is 0 Å². The van der Waals surface area contributed by atoms with Crippen molar-refractivity contribution in [3.8, 4) is 11.4 Å². The van der Waals surface area contributed by atoms with Gasteiger partial charge < -0.3 is 14.4 Å². The highest BCUT2D eigenvalue weighted by Gasteiger charge is 2.28. The van der Waals surface area contributed by atoms with Gasteiger partial charge in [0.05, 0.1) is 31.6 Å². The van der Waals surface area contributed by atoms with Crippen LogP contribution in [0.2, 0.25) is 0 Å². The molecule has 2 heterocycles. The maximum absolute atomic E-state index is 14.7. The third kappa shape index (κ3) is 5.55. The van der Waals surface area contributed by atoms with Gasteiger partial charge in [-0.25, -0.2) is 9.07 Å². The number of amides is 1. The van der Waals surface area contributed by atoms with Crippen molar-refractivity contribution in [3.63, 3.8) is 0 Å². The first-order chi connectivity index (χ1) is 17.0. The molecule has 4 rings (SSSR count). The SMILES string of the molecule is CCCN1CCc2c(c(CN(CCOC)C(=O)c3ccc(OC)cc3)nn2-c2ccccc2F)C1. The molecule has 0 fully saturated rings. The van der Waals surface area contributed by atoms with Crippen molar-refractivity contribution in [3.05, 3.63) is 76.9 Å². The van der Waals surface area contributed by atoms with Gasteiger partial charge in [-0.3, -0.25) is 9.69 Å². The number of carbonyl (C=O) groups excluding carboxylic acids is 1. The molecule has 0 unspecified atom stereocenters. The second-order valence-corrected chi connectivity index (χ2v) is 8.71. The Balaban J connectivity index is 1.70. The van der Waals surface area contributed by atoms with E-state index in [0.29, 0.717) is 36.7 Å². The molecule has 1 aromatic heterocycles. The van der Waals surface area contributed by atoms with Crippen LogP contribution in [0.1, 0.15) is 40.7 Å². The van der Waals surface area contributed by atoms with E-state index in [0.717, 1.165) is 49.4 Å². The predicted octanol–water partition coefficient (Wildman–Crippen LogP) is 4.08. The molecule has 0 saturated carbocycles. The first kappa shape index (κ1) is 24.9. The summed E-state index contributed by atoms with van der Waals surface area (Å²) in [6.45, 7) is 5.93. The Morgan fingerprint density at radius 2 is 1.91 bits per heavy atom. The van der Waals surface area contributed by atoms with Crippen molar-refractivity contribution in [1.82, 2.24) is 19.6 Å². The van der Waals surface area contributed by atoms with E-state index >= 15 is 0 Å². The van der Waals surface area contributed by atoms with Crippen molar-refractivity contribution >= 4 is 5.91 Å². The minimum Gasteiger partial charge on any atom is -0.497 e. The third-order valence-corrected chi connectivity index (χ3v) is 6.37. The van der Waals surface area contributed by atoms with Crippen LogP contribution in [0.3, 0.4) is 0 Å². The summed E-state index contributed by atoms with van der Waals surface area (Å²) in [4.78, 5) is 17.6. The predicted molar refractivity (Wildman–Crippen MR) is 132 cm³/mol. The number of methoxy groups -OCH3 is 2. The standard InChI is InChI=1S/C27H33FN4O3/c1-4-14-30-15-13-25-22(18-30)24(29-32(25)26-8-6-5-7-23(26)28)19-31(16-17-34-2)27(33)20-9-11-21(35-3)12-10-20/h5-12H,4,13-19H2,1-3H3. The number of hydrogen-bond donors (Lipinski definition) is 0. The minimum atomic E-state index is -0.314. The lowest BCUT2D eigenvalue weighted by Crippen LogP contribution is -2.35. The number of carbonyl (C=O) groups is 1. The summed E-state index contributed by atoms with van der Waals surface area (Å²) in [5, 5.41) is 4.86. The molecular formula is C27H33FN4O3. The van der Waals surface area contributed by atoms with Crippen LogP contribution in [0, 0.1) is 5.82 Å². The Morgan fingerprint density at radius 1 is 1.14 bits per heavy atom. The monoisotopic (exact) mass is 480 g/mol. The van der Waals surface area contributed by atoms with E-state index in [1.807, 2.05) is 6.07 Å². The molecule has 2 aromatic carbocycles. The van der Waals surface area contributed by atoms with Crippen LogP contribution in [-0.2, 0) is 24.2 Å². The van der Waals surface area contributed by atoms with Crippen LogP contribution in [-0.4, -0.2) is 65.9 Å². The quantitative estimate of drug-likeness (QED) is 0.438. The molecule has 0 saturated heterocycles. The fourth-order valence-electron chi connectivity index (χ4n) is 4.55. The van der Waals surface area contributed by atoms with Gasteiger partial charge in [-0.05, 0) is 49.4 Å².